The molecule has 16 heavy (non-hydrogen) atoms. The maximum absolute atomic E-state index is 5.25. The summed E-state index contributed by atoms with van der Waals surface area (Å²) in [6.45, 7) is 3.71. The van der Waals surface area contributed by atoms with Crippen molar-refractivity contribution in [2.45, 2.75) is 20.3 Å². The zero-order valence-electron chi connectivity index (χ0n) is 10.6. The smallest absolute Gasteiger partial charge is 0.216 e. The van der Waals surface area contributed by atoms with Gasteiger partial charge in [0, 0.05) is 6.08 Å². The first-order valence-corrected chi connectivity index (χ1v) is 5.02. The van der Waals surface area contributed by atoms with Gasteiger partial charge in [-0.15, -0.1) is 0 Å². The first-order chi connectivity index (χ1) is 7.74. The Labute approximate surface area is 98.1 Å². The lowest BCUT2D eigenvalue weighted by Gasteiger charge is -2.11. The van der Waals surface area contributed by atoms with Crippen molar-refractivity contribution < 1.29 is 14.2 Å². The monoisotopic (exact) mass is 223 g/mol. The van der Waals surface area contributed by atoms with Crippen LogP contribution in [0.1, 0.15) is 20.3 Å². The Kier molecular flexibility index (Phi) is 7.70. The van der Waals surface area contributed by atoms with Crippen molar-refractivity contribution in [3.05, 3.63) is 29.8 Å². The van der Waals surface area contributed by atoms with Crippen LogP contribution in [0.25, 0.3) is 0 Å². The largest absolute Gasteiger partial charge is 0.493 e. The maximum Gasteiger partial charge on any atom is 0.216 e. The van der Waals surface area contributed by atoms with Crippen LogP contribution in [0.5, 0.6) is 0 Å². The molecule has 0 amide bonds. The fourth-order valence-corrected chi connectivity index (χ4v) is 1.11. The van der Waals surface area contributed by atoms with E-state index in [-0.39, 0.29) is 0 Å². The minimum atomic E-state index is 0.467. The third-order valence-electron chi connectivity index (χ3n) is 1.84. The molecule has 0 N–H and O–H groups in total. The maximum atomic E-state index is 5.25. The van der Waals surface area contributed by atoms with Crippen molar-refractivity contribution >= 4 is 0 Å². The van der Waals surface area contributed by atoms with E-state index in [0.29, 0.717) is 17.3 Å². The van der Waals surface area contributed by atoms with Gasteiger partial charge in [0.2, 0.25) is 11.5 Å². The topological polar surface area (TPSA) is 27.7 Å². The average molecular weight is 223 g/mol. The van der Waals surface area contributed by atoms with Crippen LogP contribution < -0.4 is 0 Å². The van der Waals surface area contributed by atoms with Crippen molar-refractivity contribution in [1.29, 1.82) is 0 Å². The number of rotatable bonds is 6. The van der Waals surface area contributed by atoms with Crippen LogP contribution in [0.15, 0.2) is 23.4 Å². The van der Waals surface area contributed by atoms with Gasteiger partial charge in [-0.2, -0.15) is 0 Å². The molecule has 88 valence electrons. The van der Waals surface area contributed by atoms with E-state index < -0.39 is 0 Å². The molecule has 0 radical (unpaired) electrons. The summed E-state index contributed by atoms with van der Waals surface area (Å²) in [7, 11) is 4.71. The summed E-state index contributed by atoms with van der Waals surface area (Å²) in [5, 5.41) is 0. The molecule has 3 heteroatoms. The van der Waals surface area contributed by atoms with Crippen molar-refractivity contribution in [1.82, 2.24) is 0 Å². The summed E-state index contributed by atoms with van der Waals surface area (Å²) >= 11 is 0. The van der Waals surface area contributed by atoms with Crippen LogP contribution in [0, 0.1) is 18.3 Å². The number of allylic oxidation sites excluding steroid dienone is 2. The molecule has 0 rings (SSSR count). The molecule has 0 bridgehead atoms. The van der Waals surface area contributed by atoms with E-state index in [2.05, 4.69) is 11.8 Å². The summed E-state index contributed by atoms with van der Waals surface area (Å²) in [4.78, 5) is 0. The van der Waals surface area contributed by atoms with Crippen molar-refractivity contribution in [2.24, 2.45) is 0 Å². The second-order valence-electron chi connectivity index (χ2n) is 2.86. The third-order valence-corrected chi connectivity index (χ3v) is 1.84. The highest BCUT2D eigenvalue weighted by molar-refractivity contribution is 5.34. The molecular formula is C13H19O3+. The zero-order valence-corrected chi connectivity index (χ0v) is 10.6. The minimum absolute atomic E-state index is 0.467. The first kappa shape index (κ1) is 14.3. The Morgan fingerprint density at radius 3 is 2.25 bits per heavy atom. The highest BCUT2D eigenvalue weighted by Crippen LogP contribution is 2.17. The third kappa shape index (κ3) is 4.22. The Morgan fingerprint density at radius 2 is 1.88 bits per heavy atom. The Hall–Kier alpha value is -1.69. The van der Waals surface area contributed by atoms with Gasteiger partial charge in [0.1, 0.15) is 6.42 Å². The average Bonchev–Trinajstić information content (AvgIpc) is 2.32. The van der Waals surface area contributed by atoms with Gasteiger partial charge in [-0.25, -0.2) is 0 Å². The lowest BCUT2D eigenvalue weighted by atomic mass is 10.2. The van der Waals surface area contributed by atoms with E-state index >= 15 is 0 Å². The standard InChI is InChI=1S/C13H19O3/c1-6-8-10-12(15-4)13(16-5)11(14-3)9-7-2/h6,10H,8H2,1-5H3/q+1/b12-10+,13-11-. The number of unbranched alkanes of at least 4 members (excludes halogenated alkanes) is 1. The number of ether oxygens (including phenoxy) is 3. The van der Waals surface area contributed by atoms with Crippen molar-refractivity contribution in [3.63, 3.8) is 0 Å². The molecule has 3 nitrogen and oxygen atoms in total. The van der Waals surface area contributed by atoms with Gasteiger partial charge in [0.05, 0.1) is 34.7 Å². The molecule has 0 spiro atoms. The number of hydrogen-bond donors (Lipinski definition) is 0. The molecule has 0 aromatic rings. The summed E-state index contributed by atoms with van der Waals surface area (Å²) in [5.74, 6) is 7.20. The fourth-order valence-electron chi connectivity index (χ4n) is 1.11. The molecule has 0 aromatic carbocycles. The van der Waals surface area contributed by atoms with Crippen LogP contribution in [0.3, 0.4) is 0 Å². The molecule has 0 heterocycles. The van der Waals surface area contributed by atoms with Crippen LogP contribution in [-0.2, 0) is 14.2 Å². The van der Waals surface area contributed by atoms with Crippen LogP contribution in [-0.4, -0.2) is 21.3 Å². The van der Waals surface area contributed by atoms with Crippen molar-refractivity contribution in [3.8, 4) is 11.8 Å². The van der Waals surface area contributed by atoms with Gasteiger partial charge in [-0.3, -0.25) is 0 Å². The Bertz CT molecular complexity index is 316. The summed E-state index contributed by atoms with van der Waals surface area (Å²) < 4.78 is 15.7. The van der Waals surface area contributed by atoms with Gasteiger partial charge in [-0.1, -0.05) is 5.92 Å². The van der Waals surface area contributed by atoms with Crippen LogP contribution in [0.4, 0.5) is 0 Å². The van der Waals surface area contributed by atoms with Crippen LogP contribution in [0.2, 0.25) is 0 Å². The van der Waals surface area contributed by atoms with E-state index in [9.17, 15) is 0 Å². The van der Waals surface area contributed by atoms with Gasteiger partial charge < -0.3 is 14.2 Å². The molecule has 0 aliphatic rings. The minimum Gasteiger partial charge on any atom is -0.493 e. The molecule has 0 saturated carbocycles. The lowest BCUT2D eigenvalue weighted by Crippen LogP contribution is -2.01. The molecule has 0 saturated heterocycles. The molecular weight excluding hydrogens is 204 g/mol. The molecule has 0 aliphatic carbocycles. The lowest BCUT2D eigenvalue weighted by molar-refractivity contribution is 0.192. The van der Waals surface area contributed by atoms with Gasteiger partial charge in [0.15, 0.2) is 5.76 Å². The number of hydrogen-bond acceptors (Lipinski definition) is 3. The van der Waals surface area contributed by atoms with Gasteiger partial charge in [0.25, 0.3) is 0 Å². The van der Waals surface area contributed by atoms with E-state index in [1.807, 2.05) is 19.4 Å². The van der Waals surface area contributed by atoms with E-state index in [1.54, 1.807) is 28.3 Å². The van der Waals surface area contributed by atoms with Crippen molar-refractivity contribution in [2.75, 3.05) is 21.3 Å². The van der Waals surface area contributed by atoms with Gasteiger partial charge >= 0.3 is 0 Å². The Morgan fingerprint density at radius 1 is 1.19 bits per heavy atom. The summed E-state index contributed by atoms with van der Waals surface area (Å²) in [6.07, 6.45) is 4.73. The fraction of sp³-hybridized carbons (Fsp3) is 0.462. The van der Waals surface area contributed by atoms with Gasteiger partial charge in [-0.05, 0) is 12.8 Å². The van der Waals surface area contributed by atoms with E-state index in [4.69, 9.17) is 14.2 Å². The van der Waals surface area contributed by atoms with E-state index in [1.165, 1.54) is 0 Å². The SMILES string of the molecule is CC#C/C(OC)=C(OC)\C(=C/C[CH+]C)OC. The second kappa shape index (κ2) is 8.60. The Balaban J connectivity index is 5.24. The van der Waals surface area contributed by atoms with E-state index in [0.717, 1.165) is 6.42 Å². The summed E-state index contributed by atoms with van der Waals surface area (Å²) in [5.41, 5.74) is 0. The highest BCUT2D eigenvalue weighted by Gasteiger charge is 2.13. The molecule has 0 atom stereocenters. The molecule has 0 fully saturated rings. The van der Waals surface area contributed by atoms with Crippen LogP contribution >= 0.6 is 0 Å². The quantitative estimate of drug-likeness (QED) is 0.300. The zero-order chi connectivity index (χ0) is 12.4. The molecule has 0 unspecified atom stereocenters. The predicted molar refractivity (Wildman–Crippen MR) is 64.2 cm³/mol. The highest BCUT2D eigenvalue weighted by atomic mass is 16.5. The molecule has 0 aliphatic heterocycles. The second-order valence-corrected chi connectivity index (χ2v) is 2.86. The molecule has 0 aromatic heterocycles. The normalized spacial score (nSPS) is 11.9. The number of methoxy groups -OCH3 is 3. The predicted octanol–water partition coefficient (Wildman–Crippen LogP) is 2.66. The summed E-state index contributed by atoms with van der Waals surface area (Å²) in [6, 6.07) is 0. The first-order valence-electron chi connectivity index (χ1n) is 5.02.